The fraction of sp³-hybridized carbons (Fsp3) is 0.889. The Labute approximate surface area is 82.5 Å². The summed E-state index contributed by atoms with van der Waals surface area (Å²) in [5.74, 6) is -1.43. The topological polar surface area (TPSA) is 104 Å². The molecule has 1 aliphatic rings. The summed E-state index contributed by atoms with van der Waals surface area (Å²) in [4.78, 5) is 10.9. The summed E-state index contributed by atoms with van der Waals surface area (Å²) in [6.45, 7) is 3.32. The van der Waals surface area contributed by atoms with E-state index in [1.807, 2.05) is 0 Å². The van der Waals surface area contributed by atoms with Crippen LogP contribution in [0.1, 0.15) is 26.7 Å². The van der Waals surface area contributed by atoms with E-state index in [1.54, 1.807) is 13.8 Å². The molecule has 0 bridgehead atoms. The molecule has 4 atom stereocenters. The summed E-state index contributed by atoms with van der Waals surface area (Å²) in [5, 5.41) is 28.4. The Kier molecular flexibility index (Phi) is 2.60. The zero-order valence-electron chi connectivity index (χ0n) is 8.40. The molecule has 5 nitrogen and oxygen atoms in total. The van der Waals surface area contributed by atoms with Gasteiger partial charge in [-0.1, -0.05) is 6.92 Å². The molecular formula is C9H17NO4. The molecule has 1 saturated carbocycles. The Balaban J connectivity index is 2.96. The predicted octanol–water partition coefficient (Wildman–Crippen LogP) is -0.690. The van der Waals surface area contributed by atoms with Gasteiger partial charge in [0.2, 0.25) is 0 Å². The molecule has 0 aliphatic heterocycles. The van der Waals surface area contributed by atoms with E-state index in [1.165, 1.54) is 0 Å². The zero-order chi connectivity index (χ0) is 11.1. The predicted molar refractivity (Wildman–Crippen MR) is 49.6 cm³/mol. The van der Waals surface area contributed by atoms with Crippen molar-refractivity contribution in [1.29, 1.82) is 0 Å². The first-order valence-electron chi connectivity index (χ1n) is 4.63. The quantitative estimate of drug-likeness (QED) is 0.451. The molecule has 0 aromatic carbocycles. The van der Waals surface area contributed by atoms with Gasteiger partial charge in [-0.15, -0.1) is 0 Å². The second-order valence-corrected chi connectivity index (χ2v) is 4.53. The lowest BCUT2D eigenvalue weighted by Crippen LogP contribution is -2.65. The van der Waals surface area contributed by atoms with Crippen molar-refractivity contribution in [2.75, 3.05) is 0 Å². The molecule has 5 N–H and O–H groups in total. The molecular weight excluding hydrogens is 186 g/mol. The first-order valence-corrected chi connectivity index (χ1v) is 4.63. The number of aliphatic hydroxyl groups excluding tert-OH is 1. The third-order valence-electron chi connectivity index (χ3n) is 3.28. The van der Waals surface area contributed by atoms with Gasteiger partial charge in [-0.2, -0.15) is 0 Å². The minimum absolute atomic E-state index is 0.127. The van der Waals surface area contributed by atoms with Gasteiger partial charge in [0.05, 0.1) is 11.7 Å². The van der Waals surface area contributed by atoms with E-state index >= 15 is 0 Å². The van der Waals surface area contributed by atoms with Crippen LogP contribution in [-0.2, 0) is 4.79 Å². The summed E-state index contributed by atoms with van der Waals surface area (Å²) >= 11 is 0. The molecule has 1 fully saturated rings. The van der Waals surface area contributed by atoms with E-state index in [0.29, 0.717) is 0 Å². The fourth-order valence-corrected chi connectivity index (χ4v) is 1.90. The van der Waals surface area contributed by atoms with Gasteiger partial charge < -0.3 is 21.1 Å². The van der Waals surface area contributed by atoms with E-state index < -0.39 is 23.2 Å². The molecule has 0 amide bonds. The van der Waals surface area contributed by atoms with Crippen LogP contribution in [-0.4, -0.2) is 38.5 Å². The SMILES string of the molecule is C[C@H]1C[C@@H](O)[C@](N)(C(=O)O)C[C@@]1(C)O. The van der Waals surface area contributed by atoms with E-state index in [4.69, 9.17) is 10.8 Å². The number of aliphatic carboxylic acids is 1. The first-order chi connectivity index (χ1) is 6.20. The monoisotopic (exact) mass is 203 g/mol. The molecule has 1 rings (SSSR count). The molecule has 0 aromatic heterocycles. The van der Waals surface area contributed by atoms with Crippen LogP contribution < -0.4 is 5.73 Å². The molecule has 0 radical (unpaired) electrons. The van der Waals surface area contributed by atoms with Crippen LogP contribution in [0.25, 0.3) is 0 Å². The van der Waals surface area contributed by atoms with Crippen LogP contribution in [0.3, 0.4) is 0 Å². The second kappa shape index (κ2) is 3.18. The Bertz CT molecular complexity index is 253. The number of hydrogen-bond acceptors (Lipinski definition) is 4. The summed E-state index contributed by atoms with van der Waals surface area (Å²) in [5.41, 5.74) is 2.71. The van der Waals surface area contributed by atoms with E-state index in [0.717, 1.165) is 0 Å². The standard InChI is InChI=1S/C9H17NO4/c1-5-3-6(11)9(10,7(12)13)4-8(5,2)14/h5-6,11,14H,3-4,10H2,1-2H3,(H,12,13)/t5-,6+,8+,9-/m0/s1. The normalized spacial score (nSPS) is 48.9. The largest absolute Gasteiger partial charge is 0.480 e. The highest BCUT2D eigenvalue weighted by Crippen LogP contribution is 2.38. The van der Waals surface area contributed by atoms with Crippen molar-refractivity contribution in [3.8, 4) is 0 Å². The van der Waals surface area contributed by atoms with Gasteiger partial charge in [-0.3, -0.25) is 4.79 Å². The van der Waals surface area contributed by atoms with Gasteiger partial charge in [0.1, 0.15) is 5.54 Å². The van der Waals surface area contributed by atoms with Crippen molar-refractivity contribution in [3.63, 3.8) is 0 Å². The zero-order valence-corrected chi connectivity index (χ0v) is 8.40. The van der Waals surface area contributed by atoms with Crippen molar-refractivity contribution in [2.24, 2.45) is 11.7 Å². The molecule has 0 saturated heterocycles. The van der Waals surface area contributed by atoms with Crippen LogP contribution in [0.15, 0.2) is 0 Å². The molecule has 0 spiro atoms. The average Bonchev–Trinajstić information content (AvgIpc) is 2.00. The number of aliphatic hydroxyl groups is 2. The van der Waals surface area contributed by atoms with Crippen molar-refractivity contribution >= 4 is 5.97 Å². The Morgan fingerprint density at radius 2 is 2.07 bits per heavy atom. The molecule has 0 aromatic rings. The number of carboxylic acids is 1. The maximum atomic E-state index is 10.9. The summed E-state index contributed by atoms with van der Waals surface area (Å²) in [7, 11) is 0. The Hall–Kier alpha value is -0.650. The van der Waals surface area contributed by atoms with Gasteiger partial charge in [-0.05, 0) is 19.3 Å². The van der Waals surface area contributed by atoms with E-state index in [9.17, 15) is 15.0 Å². The van der Waals surface area contributed by atoms with Crippen LogP contribution in [0.2, 0.25) is 0 Å². The van der Waals surface area contributed by atoms with Crippen molar-refractivity contribution < 1.29 is 20.1 Å². The Morgan fingerprint density at radius 1 is 1.57 bits per heavy atom. The third kappa shape index (κ3) is 1.63. The Morgan fingerprint density at radius 3 is 2.50 bits per heavy atom. The number of nitrogens with two attached hydrogens (primary N) is 1. The van der Waals surface area contributed by atoms with Crippen LogP contribution in [0, 0.1) is 5.92 Å². The van der Waals surface area contributed by atoms with Crippen molar-refractivity contribution in [1.82, 2.24) is 0 Å². The third-order valence-corrected chi connectivity index (χ3v) is 3.28. The maximum absolute atomic E-state index is 10.9. The van der Waals surface area contributed by atoms with E-state index in [2.05, 4.69) is 0 Å². The summed E-state index contributed by atoms with van der Waals surface area (Å²) in [6.07, 6.45) is -1.02. The highest BCUT2D eigenvalue weighted by molar-refractivity contribution is 5.79. The average molecular weight is 203 g/mol. The van der Waals surface area contributed by atoms with Crippen LogP contribution in [0.4, 0.5) is 0 Å². The number of hydrogen-bond donors (Lipinski definition) is 4. The molecule has 0 heterocycles. The van der Waals surface area contributed by atoms with Gasteiger partial charge in [0, 0.05) is 6.42 Å². The number of rotatable bonds is 1. The maximum Gasteiger partial charge on any atom is 0.326 e. The lowest BCUT2D eigenvalue weighted by molar-refractivity contribution is -0.162. The van der Waals surface area contributed by atoms with E-state index in [-0.39, 0.29) is 18.8 Å². The fourth-order valence-electron chi connectivity index (χ4n) is 1.90. The smallest absolute Gasteiger partial charge is 0.326 e. The van der Waals surface area contributed by atoms with Gasteiger partial charge in [0.25, 0.3) is 0 Å². The van der Waals surface area contributed by atoms with Gasteiger partial charge >= 0.3 is 5.97 Å². The van der Waals surface area contributed by atoms with Gasteiger partial charge in [0.15, 0.2) is 0 Å². The van der Waals surface area contributed by atoms with Crippen molar-refractivity contribution in [3.05, 3.63) is 0 Å². The minimum Gasteiger partial charge on any atom is -0.480 e. The van der Waals surface area contributed by atoms with Crippen LogP contribution in [0.5, 0.6) is 0 Å². The highest BCUT2D eigenvalue weighted by atomic mass is 16.4. The van der Waals surface area contributed by atoms with Gasteiger partial charge in [-0.25, -0.2) is 0 Å². The summed E-state index contributed by atoms with van der Waals surface area (Å²) < 4.78 is 0. The highest BCUT2D eigenvalue weighted by Gasteiger charge is 2.53. The summed E-state index contributed by atoms with van der Waals surface area (Å²) in [6, 6.07) is 0. The van der Waals surface area contributed by atoms with Crippen LogP contribution >= 0.6 is 0 Å². The molecule has 0 unspecified atom stereocenters. The molecule has 1 aliphatic carbocycles. The van der Waals surface area contributed by atoms with Crippen molar-refractivity contribution in [2.45, 2.75) is 43.9 Å². The lowest BCUT2D eigenvalue weighted by Gasteiger charge is -2.45. The molecule has 14 heavy (non-hydrogen) atoms. The lowest BCUT2D eigenvalue weighted by atomic mass is 9.67. The number of carboxylic acid groups (broad SMARTS) is 1. The molecule has 82 valence electrons. The first kappa shape index (κ1) is 11.4. The number of carbonyl (C=O) groups is 1. The second-order valence-electron chi connectivity index (χ2n) is 4.53. The minimum atomic E-state index is -1.73. The molecule has 5 heteroatoms.